The molecule has 1 saturated carbocycles. The normalized spacial score (nSPS) is 33.2. The van der Waals surface area contributed by atoms with Crippen molar-refractivity contribution in [3.05, 3.63) is 0 Å². The lowest BCUT2D eigenvalue weighted by atomic mass is 9.90. The van der Waals surface area contributed by atoms with E-state index in [9.17, 15) is 0 Å². The van der Waals surface area contributed by atoms with Gasteiger partial charge in [0.15, 0.2) is 0 Å². The summed E-state index contributed by atoms with van der Waals surface area (Å²) in [6.07, 6.45) is 5.12. The van der Waals surface area contributed by atoms with E-state index in [1.807, 2.05) is 0 Å². The molecule has 0 radical (unpaired) electrons. The van der Waals surface area contributed by atoms with Crippen LogP contribution in [0, 0.1) is 5.92 Å². The van der Waals surface area contributed by atoms with Gasteiger partial charge in [0.25, 0.3) is 0 Å². The molecule has 2 aliphatic rings. The number of nitrogens with two attached hydrogens (primary N) is 1. The number of rotatable bonds is 3. The molecule has 1 heterocycles. The third-order valence-electron chi connectivity index (χ3n) is 4.29. The smallest absolute Gasteiger partial charge is 0.0113 e. The Morgan fingerprint density at radius 1 is 1.00 bits per heavy atom. The van der Waals surface area contributed by atoms with Crippen molar-refractivity contribution in [2.75, 3.05) is 32.7 Å². The number of hydrogen-bond donors (Lipinski definition) is 1. The predicted molar refractivity (Wildman–Crippen MR) is 73.1 cm³/mol. The first-order valence-corrected chi connectivity index (χ1v) is 7.37. The molecule has 0 amide bonds. The van der Waals surface area contributed by atoms with Crippen LogP contribution in [-0.4, -0.2) is 54.6 Å². The van der Waals surface area contributed by atoms with Gasteiger partial charge in [-0.15, -0.1) is 0 Å². The zero-order valence-electron chi connectivity index (χ0n) is 11.6. The van der Waals surface area contributed by atoms with Gasteiger partial charge in [-0.2, -0.15) is 0 Å². The number of nitrogens with zero attached hydrogens (tertiary/aromatic N) is 2. The van der Waals surface area contributed by atoms with E-state index in [1.54, 1.807) is 0 Å². The summed E-state index contributed by atoms with van der Waals surface area (Å²) < 4.78 is 0. The van der Waals surface area contributed by atoms with Crippen molar-refractivity contribution in [3.8, 4) is 0 Å². The van der Waals surface area contributed by atoms with Crippen LogP contribution in [0.15, 0.2) is 0 Å². The fraction of sp³-hybridized carbons (Fsp3) is 1.00. The van der Waals surface area contributed by atoms with Gasteiger partial charge in [0.05, 0.1) is 0 Å². The molecular formula is C14H29N3. The van der Waals surface area contributed by atoms with Gasteiger partial charge < -0.3 is 10.6 Å². The van der Waals surface area contributed by atoms with Crippen molar-refractivity contribution in [2.45, 2.75) is 51.6 Å². The molecule has 0 bridgehead atoms. The van der Waals surface area contributed by atoms with Crippen molar-refractivity contribution in [3.63, 3.8) is 0 Å². The van der Waals surface area contributed by atoms with Gasteiger partial charge in [0, 0.05) is 44.8 Å². The van der Waals surface area contributed by atoms with Crippen LogP contribution < -0.4 is 5.73 Å². The summed E-state index contributed by atoms with van der Waals surface area (Å²) in [7, 11) is 0. The first-order valence-electron chi connectivity index (χ1n) is 7.37. The van der Waals surface area contributed by atoms with Crippen LogP contribution in [0.25, 0.3) is 0 Å². The van der Waals surface area contributed by atoms with Gasteiger partial charge in [-0.3, -0.25) is 4.90 Å². The first kappa shape index (κ1) is 13.3. The van der Waals surface area contributed by atoms with Gasteiger partial charge >= 0.3 is 0 Å². The van der Waals surface area contributed by atoms with Crippen LogP contribution in [0.5, 0.6) is 0 Å². The number of hydrogen-bond acceptors (Lipinski definition) is 3. The van der Waals surface area contributed by atoms with Crippen LogP contribution in [0.2, 0.25) is 0 Å². The summed E-state index contributed by atoms with van der Waals surface area (Å²) in [5, 5.41) is 0. The van der Waals surface area contributed by atoms with Crippen molar-refractivity contribution in [1.82, 2.24) is 9.80 Å². The summed E-state index contributed by atoms with van der Waals surface area (Å²) in [6, 6.07) is 1.31. The Morgan fingerprint density at radius 3 is 2.12 bits per heavy atom. The molecule has 0 aromatic heterocycles. The maximum atomic E-state index is 5.98. The molecule has 0 aromatic rings. The fourth-order valence-electron chi connectivity index (χ4n) is 3.29. The Bertz CT molecular complexity index is 214. The molecule has 0 spiro atoms. The third-order valence-corrected chi connectivity index (χ3v) is 4.29. The van der Waals surface area contributed by atoms with Crippen LogP contribution >= 0.6 is 0 Å². The SMILES string of the molecule is CC(C)CN1CCN(C2CCC(N)CC2)CC1. The second-order valence-corrected chi connectivity index (χ2v) is 6.30. The highest BCUT2D eigenvalue weighted by atomic mass is 15.3. The van der Waals surface area contributed by atoms with E-state index in [4.69, 9.17) is 5.73 Å². The standard InChI is InChI=1S/C14H29N3/c1-12(2)11-16-7-9-17(10-8-16)14-5-3-13(15)4-6-14/h12-14H,3-11,15H2,1-2H3. The highest BCUT2D eigenvalue weighted by molar-refractivity contribution is 4.84. The van der Waals surface area contributed by atoms with Gasteiger partial charge in [-0.25, -0.2) is 0 Å². The monoisotopic (exact) mass is 239 g/mol. The molecule has 0 atom stereocenters. The number of piperazine rings is 1. The highest BCUT2D eigenvalue weighted by Crippen LogP contribution is 2.23. The third kappa shape index (κ3) is 3.94. The van der Waals surface area contributed by atoms with E-state index in [0.717, 1.165) is 12.0 Å². The Labute approximate surface area is 106 Å². The average Bonchev–Trinajstić information content (AvgIpc) is 2.30. The Balaban J connectivity index is 1.71. The summed E-state index contributed by atoms with van der Waals surface area (Å²) in [6.45, 7) is 11.0. The minimum atomic E-state index is 0.480. The molecule has 2 fully saturated rings. The lowest BCUT2D eigenvalue weighted by Gasteiger charge is -2.42. The zero-order valence-corrected chi connectivity index (χ0v) is 11.6. The molecule has 2 rings (SSSR count). The Morgan fingerprint density at radius 2 is 1.59 bits per heavy atom. The van der Waals surface area contributed by atoms with Crippen LogP contribution in [0.1, 0.15) is 39.5 Å². The maximum Gasteiger partial charge on any atom is 0.0113 e. The van der Waals surface area contributed by atoms with E-state index in [0.29, 0.717) is 6.04 Å². The highest BCUT2D eigenvalue weighted by Gasteiger charge is 2.27. The van der Waals surface area contributed by atoms with Crippen molar-refractivity contribution < 1.29 is 0 Å². The minimum absolute atomic E-state index is 0.480. The molecule has 1 aliphatic heterocycles. The second kappa shape index (κ2) is 6.17. The minimum Gasteiger partial charge on any atom is -0.328 e. The van der Waals surface area contributed by atoms with Gasteiger partial charge in [0.1, 0.15) is 0 Å². The molecule has 0 aromatic carbocycles. The second-order valence-electron chi connectivity index (χ2n) is 6.30. The molecule has 1 saturated heterocycles. The van der Waals surface area contributed by atoms with Crippen molar-refractivity contribution >= 4 is 0 Å². The van der Waals surface area contributed by atoms with Crippen LogP contribution in [-0.2, 0) is 0 Å². The van der Waals surface area contributed by atoms with Gasteiger partial charge in [-0.05, 0) is 31.6 Å². The quantitative estimate of drug-likeness (QED) is 0.811. The largest absolute Gasteiger partial charge is 0.328 e. The van der Waals surface area contributed by atoms with Gasteiger partial charge in [-0.1, -0.05) is 13.8 Å². The Hall–Kier alpha value is -0.120. The van der Waals surface area contributed by atoms with Crippen molar-refractivity contribution in [1.29, 1.82) is 0 Å². The maximum absolute atomic E-state index is 5.98. The molecule has 2 N–H and O–H groups in total. The summed E-state index contributed by atoms with van der Waals surface area (Å²) >= 11 is 0. The summed E-state index contributed by atoms with van der Waals surface area (Å²) in [5.74, 6) is 0.800. The van der Waals surface area contributed by atoms with E-state index >= 15 is 0 Å². The molecule has 1 aliphatic carbocycles. The van der Waals surface area contributed by atoms with Crippen molar-refractivity contribution in [2.24, 2.45) is 11.7 Å². The van der Waals surface area contributed by atoms with E-state index in [-0.39, 0.29) is 0 Å². The predicted octanol–water partition coefficient (Wildman–Crippen LogP) is 1.53. The molecule has 100 valence electrons. The zero-order chi connectivity index (χ0) is 12.3. The lowest BCUT2D eigenvalue weighted by Crippen LogP contribution is -2.52. The topological polar surface area (TPSA) is 32.5 Å². The first-order chi connectivity index (χ1) is 8.15. The lowest BCUT2D eigenvalue weighted by molar-refractivity contribution is 0.0711. The molecule has 3 nitrogen and oxygen atoms in total. The Kier molecular flexibility index (Phi) is 4.83. The molecule has 0 unspecified atom stereocenters. The molecule has 17 heavy (non-hydrogen) atoms. The van der Waals surface area contributed by atoms with Crippen LogP contribution in [0.4, 0.5) is 0 Å². The van der Waals surface area contributed by atoms with Crippen LogP contribution in [0.3, 0.4) is 0 Å². The molecular weight excluding hydrogens is 210 g/mol. The van der Waals surface area contributed by atoms with E-state index in [2.05, 4.69) is 23.6 Å². The average molecular weight is 239 g/mol. The summed E-state index contributed by atoms with van der Waals surface area (Å²) in [4.78, 5) is 5.33. The van der Waals surface area contributed by atoms with E-state index in [1.165, 1.54) is 58.4 Å². The molecule has 3 heteroatoms. The van der Waals surface area contributed by atoms with Gasteiger partial charge in [0.2, 0.25) is 0 Å². The summed E-state index contributed by atoms with van der Waals surface area (Å²) in [5.41, 5.74) is 5.98. The fourth-order valence-corrected chi connectivity index (χ4v) is 3.29. The van der Waals surface area contributed by atoms with E-state index < -0.39 is 0 Å².